The van der Waals surface area contributed by atoms with Crippen LogP contribution in [0.15, 0.2) is 11.2 Å². The quantitative estimate of drug-likeness (QED) is 0.413. The molecule has 1 aliphatic carbocycles. The number of hydrogen-bond donors (Lipinski definition) is 2. The highest BCUT2D eigenvalue weighted by Crippen LogP contribution is 2.26. The van der Waals surface area contributed by atoms with Gasteiger partial charge >= 0.3 is 0 Å². The molecule has 1 aromatic rings. The fourth-order valence-electron chi connectivity index (χ4n) is 3.37. The average Bonchev–Trinajstić information content (AvgIpc) is 2.92. The van der Waals surface area contributed by atoms with Gasteiger partial charge in [0.1, 0.15) is 0 Å². The summed E-state index contributed by atoms with van der Waals surface area (Å²) in [4.78, 5) is 10.8. The van der Waals surface area contributed by atoms with Gasteiger partial charge in [0.2, 0.25) is 5.95 Å². The summed E-state index contributed by atoms with van der Waals surface area (Å²) in [6, 6.07) is 0.545. The van der Waals surface area contributed by atoms with Crippen molar-refractivity contribution in [3.8, 4) is 0 Å². The minimum atomic E-state index is 0. The smallest absolute Gasteiger partial charge is 0.204 e. The second-order valence-electron chi connectivity index (χ2n) is 6.71. The Morgan fingerprint density at radius 3 is 2.75 bits per heavy atom. The Kier molecular flexibility index (Phi) is 8.86. The molecule has 6 nitrogen and oxygen atoms in total. The van der Waals surface area contributed by atoms with E-state index in [0.717, 1.165) is 30.1 Å². The summed E-state index contributed by atoms with van der Waals surface area (Å²) in [5.41, 5.74) is 1.15. The van der Waals surface area contributed by atoms with Crippen molar-refractivity contribution in [2.24, 2.45) is 18.0 Å². The van der Waals surface area contributed by atoms with E-state index in [1.165, 1.54) is 32.1 Å². The lowest BCUT2D eigenvalue weighted by molar-refractivity contribution is 0.298. The fraction of sp³-hybridized carbons (Fsp3) is 0.765. The van der Waals surface area contributed by atoms with Crippen LogP contribution < -0.4 is 15.5 Å². The summed E-state index contributed by atoms with van der Waals surface area (Å²) in [5.74, 6) is 2.71. The van der Waals surface area contributed by atoms with Crippen molar-refractivity contribution in [3.05, 3.63) is 11.9 Å². The van der Waals surface area contributed by atoms with Gasteiger partial charge in [-0.1, -0.05) is 26.2 Å². The molecule has 7 heteroatoms. The third kappa shape index (κ3) is 5.53. The maximum atomic E-state index is 4.44. The fourth-order valence-corrected chi connectivity index (χ4v) is 3.37. The van der Waals surface area contributed by atoms with Gasteiger partial charge in [-0.15, -0.1) is 24.0 Å². The monoisotopic (exact) mass is 448 g/mol. The van der Waals surface area contributed by atoms with Crippen molar-refractivity contribution in [3.63, 3.8) is 0 Å². The van der Waals surface area contributed by atoms with Crippen LogP contribution in [0.4, 0.5) is 5.95 Å². The Labute approximate surface area is 163 Å². The van der Waals surface area contributed by atoms with Crippen molar-refractivity contribution >= 4 is 35.9 Å². The Hall–Kier alpha value is -0.990. The molecule has 1 saturated carbocycles. The van der Waals surface area contributed by atoms with Gasteiger partial charge in [0, 0.05) is 34.2 Å². The van der Waals surface area contributed by atoms with Crippen molar-refractivity contribution in [2.45, 2.75) is 51.6 Å². The van der Waals surface area contributed by atoms with Crippen LogP contribution in [0.1, 0.15) is 44.7 Å². The molecule has 0 aliphatic heterocycles. The zero-order valence-corrected chi connectivity index (χ0v) is 18.0. The van der Waals surface area contributed by atoms with Gasteiger partial charge in [-0.25, -0.2) is 4.98 Å². The van der Waals surface area contributed by atoms with Crippen molar-refractivity contribution in [1.82, 2.24) is 20.2 Å². The van der Waals surface area contributed by atoms with Crippen LogP contribution in [0.25, 0.3) is 0 Å². The molecule has 2 atom stereocenters. The van der Waals surface area contributed by atoms with E-state index >= 15 is 0 Å². The van der Waals surface area contributed by atoms with Crippen LogP contribution in [0.3, 0.4) is 0 Å². The summed E-state index contributed by atoms with van der Waals surface area (Å²) in [7, 11) is 7.90. The van der Waals surface area contributed by atoms with Crippen LogP contribution in [-0.2, 0) is 13.6 Å². The number of anilines is 1. The van der Waals surface area contributed by atoms with E-state index in [1.54, 1.807) is 0 Å². The minimum absolute atomic E-state index is 0. The second-order valence-corrected chi connectivity index (χ2v) is 6.71. The van der Waals surface area contributed by atoms with Gasteiger partial charge in [-0.2, -0.15) is 0 Å². The molecule has 0 saturated heterocycles. The zero-order chi connectivity index (χ0) is 16.8. The van der Waals surface area contributed by atoms with E-state index in [-0.39, 0.29) is 24.0 Å². The van der Waals surface area contributed by atoms with E-state index in [4.69, 9.17) is 0 Å². The highest BCUT2D eigenvalue weighted by molar-refractivity contribution is 14.0. The zero-order valence-electron chi connectivity index (χ0n) is 15.7. The number of nitrogens with zero attached hydrogens (tertiary/aromatic N) is 4. The highest BCUT2D eigenvalue weighted by atomic mass is 127. The lowest BCUT2D eigenvalue weighted by atomic mass is 9.84. The Bertz CT molecular complexity index is 525. The van der Waals surface area contributed by atoms with E-state index in [9.17, 15) is 0 Å². The van der Waals surface area contributed by atoms with Crippen molar-refractivity contribution in [2.75, 3.05) is 26.0 Å². The molecule has 0 bridgehead atoms. The molecule has 1 aromatic heterocycles. The van der Waals surface area contributed by atoms with Gasteiger partial charge in [-0.3, -0.25) is 4.99 Å². The lowest BCUT2D eigenvalue weighted by Crippen LogP contribution is -2.45. The number of aliphatic imine (C=N–C) groups is 1. The number of guanidine groups is 1. The number of imidazole rings is 1. The van der Waals surface area contributed by atoms with Crippen LogP contribution in [-0.4, -0.2) is 42.7 Å². The molecule has 1 fully saturated rings. The Balaban J connectivity index is 0.00000288. The first-order valence-electron chi connectivity index (χ1n) is 8.70. The average molecular weight is 448 g/mol. The van der Waals surface area contributed by atoms with Gasteiger partial charge in [-0.05, 0) is 18.8 Å². The molecule has 2 rings (SSSR count). The molecule has 24 heavy (non-hydrogen) atoms. The SMILES string of the molecule is CCC1CCCC(NC(=NC)NCc2cnc(N(C)C)n2C)C1.I. The van der Waals surface area contributed by atoms with Gasteiger partial charge < -0.3 is 20.1 Å². The lowest BCUT2D eigenvalue weighted by Gasteiger charge is -2.30. The Morgan fingerprint density at radius 1 is 1.42 bits per heavy atom. The number of hydrogen-bond acceptors (Lipinski definition) is 3. The second kappa shape index (κ2) is 10.1. The van der Waals surface area contributed by atoms with Crippen molar-refractivity contribution < 1.29 is 0 Å². The number of nitrogens with one attached hydrogen (secondary N) is 2. The Morgan fingerprint density at radius 2 is 2.17 bits per heavy atom. The minimum Gasteiger partial charge on any atom is -0.354 e. The molecule has 138 valence electrons. The van der Waals surface area contributed by atoms with Gasteiger partial charge in [0.15, 0.2) is 5.96 Å². The van der Waals surface area contributed by atoms with Gasteiger partial charge in [0.25, 0.3) is 0 Å². The van der Waals surface area contributed by atoms with Crippen LogP contribution >= 0.6 is 24.0 Å². The molecule has 1 heterocycles. The summed E-state index contributed by atoms with van der Waals surface area (Å²) in [5, 5.41) is 7.01. The normalized spacial score (nSPS) is 21.1. The number of rotatable bonds is 5. The maximum absolute atomic E-state index is 4.44. The van der Waals surface area contributed by atoms with Crippen molar-refractivity contribution in [1.29, 1.82) is 0 Å². The van der Waals surface area contributed by atoms with Gasteiger partial charge in [0.05, 0.1) is 18.4 Å². The van der Waals surface area contributed by atoms with E-state index in [1.807, 2.05) is 39.3 Å². The van der Waals surface area contributed by atoms with E-state index in [2.05, 4.69) is 32.1 Å². The first-order valence-corrected chi connectivity index (χ1v) is 8.70. The number of aromatic nitrogens is 2. The molecule has 2 N–H and O–H groups in total. The summed E-state index contributed by atoms with van der Waals surface area (Å²) in [6.07, 6.45) is 8.40. The first kappa shape index (κ1) is 21.1. The standard InChI is InChI=1S/C17H32N6.HI/c1-6-13-8-7-9-14(10-13)21-16(18-2)19-11-15-12-20-17(22(3)4)23(15)5;/h12-14H,6-11H2,1-5H3,(H2,18,19,21);1H. The third-order valence-electron chi connectivity index (χ3n) is 4.82. The van der Waals surface area contributed by atoms with Crippen LogP contribution in [0, 0.1) is 5.92 Å². The molecular weight excluding hydrogens is 415 g/mol. The molecule has 0 spiro atoms. The predicted molar refractivity (Wildman–Crippen MR) is 112 cm³/mol. The highest BCUT2D eigenvalue weighted by Gasteiger charge is 2.21. The summed E-state index contributed by atoms with van der Waals surface area (Å²) in [6.45, 7) is 3.02. The first-order chi connectivity index (χ1) is 11.0. The molecule has 0 aromatic carbocycles. The van der Waals surface area contributed by atoms with Crippen LogP contribution in [0.2, 0.25) is 0 Å². The molecule has 2 unspecified atom stereocenters. The number of halogens is 1. The topological polar surface area (TPSA) is 57.5 Å². The summed E-state index contributed by atoms with van der Waals surface area (Å²) < 4.78 is 2.11. The van der Waals surface area contributed by atoms with E-state index in [0.29, 0.717) is 6.04 Å². The predicted octanol–water partition coefficient (Wildman–Crippen LogP) is 2.74. The molecule has 0 radical (unpaired) electrons. The van der Waals surface area contributed by atoms with E-state index < -0.39 is 0 Å². The third-order valence-corrected chi connectivity index (χ3v) is 4.82. The largest absolute Gasteiger partial charge is 0.354 e. The van der Waals surface area contributed by atoms with Crippen LogP contribution in [0.5, 0.6) is 0 Å². The summed E-state index contributed by atoms with van der Waals surface area (Å²) >= 11 is 0. The molecular formula is C17H33IN6. The maximum Gasteiger partial charge on any atom is 0.204 e. The molecule has 0 amide bonds. The molecule has 1 aliphatic rings.